The minimum Gasteiger partial charge on any atom is -0.329 e. The van der Waals surface area contributed by atoms with Crippen LogP contribution in [0.15, 0.2) is 48.5 Å². The molecule has 0 fully saturated rings. The second kappa shape index (κ2) is 11.7. The normalized spacial score (nSPS) is 15.1. The van der Waals surface area contributed by atoms with Crippen molar-refractivity contribution in [2.24, 2.45) is 0 Å². The van der Waals surface area contributed by atoms with Crippen LogP contribution in [0, 0.1) is 13.8 Å². The van der Waals surface area contributed by atoms with Gasteiger partial charge in [-0.1, -0.05) is 55.7 Å². The first-order valence-corrected chi connectivity index (χ1v) is 13.3. The molecule has 0 N–H and O–H groups in total. The molecule has 0 amide bonds. The van der Waals surface area contributed by atoms with Crippen molar-refractivity contribution in [2.75, 3.05) is 26.5 Å². The smallest absolute Gasteiger partial charge is 0.231 e. The Kier molecular flexibility index (Phi) is 10.4. The highest BCUT2D eigenvalue weighted by Gasteiger charge is 2.23. The van der Waals surface area contributed by atoms with E-state index in [1.165, 1.54) is 25.3 Å². The van der Waals surface area contributed by atoms with Gasteiger partial charge in [0.05, 0.1) is 0 Å². The molecule has 0 aliphatic carbocycles. The fourth-order valence-electron chi connectivity index (χ4n) is 2.65. The average molecular weight is 424 g/mol. The van der Waals surface area contributed by atoms with E-state index >= 15 is 0 Å². The van der Waals surface area contributed by atoms with Crippen LogP contribution in [-0.4, -0.2) is 26.5 Å². The summed E-state index contributed by atoms with van der Waals surface area (Å²) in [5, 5.41) is 1.65. The second-order valence-corrected chi connectivity index (χ2v) is 12.3. The van der Waals surface area contributed by atoms with Crippen LogP contribution in [0.2, 0.25) is 0 Å². The van der Waals surface area contributed by atoms with Gasteiger partial charge < -0.3 is 9.05 Å². The van der Waals surface area contributed by atoms with Gasteiger partial charge in [-0.3, -0.25) is 9.13 Å². The summed E-state index contributed by atoms with van der Waals surface area (Å²) >= 11 is 0. The minimum absolute atomic E-state index is 0.548. The molecule has 0 aliphatic rings. The van der Waals surface area contributed by atoms with E-state index in [9.17, 15) is 9.13 Å². The van der Waals surface area contributed by atoms with Crippen LogP contribution in [0.25, 0.3) is 0 Å². The fourth-order valence-corrected chi connectivity index (χ4v) is 6.08. The van der Waals surface area contributed by atoms with Gasteiger partial charge >= 0.3 is 0 Å². The number of hydrogen-bond acceptors (Lipinski definition) is 4. The summed E-state index contributed by atoms with van der Waals surface area (Å²) < 4.78 is 34.8. The molecule has 2 rings (SSSR count). The van der Waals surface area contributed by atoms with Crippen LogP contribution < -0.4 is 10.6 Å². The summed E-state index contributed by atoms with van der Waals surface area (Å²) in [5.41, 5.74) is 2.35. The molecule has 0 aliphatic heterocycles. The standard InChI is InChI=1S/C12H19O2P.C10H15O2P/c1-4-5-10-15(13,14-3)12-8-6-11(2)7-9-12;1-4-13(11,12-3)10-7-5-9(2)6-8-10/h6-9H,4-5,10H2,1-3H3;5-8H,4H2,1-3H3. The zero-order valence-electron chi connectivity index (χ0n) is 18.0. The largest absolute Gasteiger partial charge is 0.329 e. The van der Waals surface area contributed by atoms with Crippen molar-refractivity contribution in [1.82, 2.24) is 0 Å². The molecule has 0 bridgehead atoms. The molecule has 0 heterocycles. The number of aryl methyl sites for hydroxylation is 2. The molecule has 0 saturated heterocycles. The Morgan fingerprint density at radius 2 is 1.11 bits per heavy atom. The maximum atomic E-state index is 12.4. The quantitative estimate of drug-likeness (QED) is 0.495. The van der Waals surface area contributed by atoms with E-state index in [2.05, 4.69) is 6.92 Å². The predicted molar refractivity (Wildman–Crippen MR) is 121 cm³/mol. The molecule has 2 aromatic carbocycles. The summed E-state index contributed by atoms with van der Waals surface area (Å²) in [4.78, 5) is 0. The average Bonchev–Trinajstić information content (AvgIpc) is 2.73. The lowest BCUT2D eigenvalue weighted by Crippen LogP contribution is -2.09. The van der Waals surface area contributed by atoms with Crippen molar-refractivity contribution in [2.45, 2.75) is 40.5 Å². The molecule has 2 atom stereocenters. The first-order chi connectivity index (χ1) is 13.2. The molecule has 6 heteroatoms. The number of benzene rings is 2. The van der Waals surface area contributed by atoms with Gasteiger partial charge in [0.2, 0.25) is 14.7 Å². The predicted octanol–water partition coefficient (Wildman–Crippen LogP) is 5.91. The lowest BCUT2D eigenvalue weighted by Gasteiger charge is -2.16. The molecule has 0 aromatic heterocycles. The summed E-state index contributed by atoms with van der Waals surface area (Å²) in [6.07, 6.45) is 3.17. The van der Waals surface area contributed by atoms with E-state index in [1.807, 2.05) is 69.3 Å². The second-order valence-electron chi connectivity index (χ2n) is 6.78. The Morgan fingerprint density at radius 1 is 0.714 bits per heavy atom. The maximum Gasteiger partial charge on any atom is 0.231 e. The highest BCUT2D eigenvalue weighted by molar-refractivity contribution is 7.67. The fraction of sp³-hybridized carbons (Fsp3) is 0.455. The lowest BCUT2D eigenvalue weighted by atomic mass is 10.2. The maximum absolute atomic E-state index is 12.4. The van der Waals surface area contributed by atoms with Crippen molar-refractivity contribution >= 4 is 25.3 Å². The van der Waals surface area contributed by atoms with Crippen molar-refractivity contribution < 1.29 is 18.2 Å². The summed E-state index contributed by atoms with van der Waals surface area (Å²) in [7, 11) is -2.10. The van der Waals surface area contributed by atoms with Crippen molar-refractivity contribution in [3.8, 4) is 0 Å². The highest BCUT2D eigenvalue weighted by atomic mass is 31.2. The Morgan fingerprint density at radius 3 is 1.43 bits per heavy atom. The Labute approximate surface area is 170 Å². The van der Waals surface area contributed by atoms with Crippen LogP contribution in [0.3, 0.4) is 0 Å². The SMILES string of the molecule is CCCCP(=O)(OC)c1ccc(C)cc1.CCP(=O)(OC)c1ccc(C)cc1. The van der Waals surface area contributed by atoms with Crippen LogP contribution in [0.1, 0.15) is 37.8 Å². The third kappa shape index (κ3) is 7.01. The van der Waals surface area contributed by atoms with Crippen LogP contribution in [0.4, 0.5) is 0 Å². The minimum atomic E-state index is -2.59. The number of hydrogen-bond donors (Lipinski definition) is 0. The molecule has 2 aromatic rings. The van der Waals surface area contributed by atoms with Gasteiger partial charge in [0, 0.05) is 37.2 Å². The van der Waals surface area contributed by atoms with Crippen LogP contribution in [-0.2, 0) is 18.2 Å². The number of unbranched alkanes of at least 4 members (excludes halogenated alkanes) is 1. The summed E-state index contributed by atoms with van der Waals surface area (Å²) in [6, 6.07) is 15.4. The zero-order valence-corrected chi connectivity index (χ0v) is 19.8. The van der Waals surface area contributed by atoms with E-state index in [-0.39, 0.29) is 0 Å². The van der Waals surface area contributed by atoms with E-state index in [1.54, 1.807) is 0 Å². The Balaban J connectivity index is 0.000000283. The monoisotopic (exact) mass is 424 g/mol. The molecular weight excluding hydrogens is 390 g/mol. The summed E-state index contributed by atoms with van der Waals surface area (Å²) in [5.74, 6) is 0. The van der Waals surface area contributed by atoms with E-state index in [4.69, 9.17) is 9.05 Å². The van der Waals surface area contributed by atoms with Crippen LogP contribution >= 0.6 is 14.7 Å². The third-order valence-electron chi connectivity index (χ3n) is 4.67. The molecule has 28 heavy (non-hydrogen) atoms. The van der Waals surface area contributed by atoms with Gasteiger partial charge in [0.25, 0.3) is 0 Å². The summed E-state index contributed by atoms with van der Waals surface area (Å²) in [6.45, 7) is 8.00. The molecule has 2 unspecified atom stereocenters. The highest BCUT2D eigenvalue weighted by Crippen LogP contribution is 2.45. The third-order valence-corrected chi connectivity index (χ3v) is 9.75. The molecular formula is C22H34O4P2. The topological polar surface area (TPSA) is 52.6 Å². The molecule has 0 spiro atoms. The number of rotatable bonds is 8. The first-order valence-electron chi connectivity index (χ1n) is 9.68. The zero-order chi connectivity index (χ0) is 21.2. The van der Waals surface area contributed by atoms with E-state index in [0.717, 1.165) is 23.5 Å². The van der Waals surface area contributed by atoms with Gasteiger partial charge in [-0.25, -0.2) is 0 Å². The Hall–Kier alpha value is -1.18. The van der Waals surface area contributed by atoms with Crippen molar-refractivity contribution in [1.29, 1.82) is 0 Å². The van der Waals surface area contributed by atoms with Gasteiger partial charge in [0.1, 0.15) is 0 Å². The van der Waals surface area contributed by atoms with E-state index < -0.39 is 14.7 Å². The van der Waals surface area contributed by atoms with Gasteiger partial charge in [0.15, 0.2) is 0 Å². The first kappa shape index (κ1) is 24.9. The van der Waals surface area contributed by atoms with Crippen molar-refractivity contribution in [3.05, 3.63) is 59.7 Å². The molecule has 0 radical (unpaired) electrons. The lowest BCUT2D eigenvalue weighted by molar-refractivity contribution is 0.401. The molecule has 0 saturated carbocycles. The van der Waals surface area contributed by atoms with Gasteiger partial charge in [-0.2, -0.15) is 0 Å². The van der Waals surface area contributed by atoms with Crippen LogP contribution in [0.5, 0.6) is 0 Å². The molecule has 156 valence electrons. The van der Waals surface area contributed by atoms with E-state index in [0.29, 0.717) is 12.3 Å². The molecule has 4 nitrogen and oxygen atoms in total. The Bertz CT molecular complexity index is 790. The van der Waals surface area contributed by atoms with Gasteiger partial charge in [-0.15, -0.1) is 0 Å². The van der Waals surface area contributed by atoms with Crippen molar-refractivity contribution in [3.63, 3.8) is 0 Å². The van der Waals surface area contributed by atoms with Gasteiger partial charge in [-0.05, 0) is 44.5 Å².